The number of carbonyl (C=O) groups excluding carboxylic acids is 1. The molecule has 0 bridgehead atoms. The van der Waals surface area contributed by atoms with E-state index in [1.54, 1.807) is 0 Å². The lowest BCUT2D eigenvalue weighted by atomic mass is 10.2. The lowest BCUT2D eigenvalue weighted by Crippen LogP contribution is -2.35. The minimum atomic E-state index is -0.379. The molecular formula is C14H30N2O2. The van der Waals surface area contributed by atoms with Crippen LogP contribution in [-0.2, 0) is 9.53 Å². The summed E-state index contributed by atoms with van der Waals surface area (Å²) < 4.78 is 5.32. The van der Waals surface area contributed by atoms with Crippen LogP contribution in [0.1, 0.15) is 40.5 Å². The SMILES string of the molecule is CCCN(CCC(=O)OC(C)(C)C)CCN(C)C. The van der Waals surface area contributed by atoms with Crippen LogP contribution in [0.5, 0.6) is 0 Å². The van der Waals surface area contributed by atoms with E-state index in [-0.39, 0.29) is 11.6 Å². The van der Waals surface area contributed by atoms with Gasteiger partial charge in [-0.2, -0.15) is 0 Å². The number of carbonyl (C=O) groups is 1. The maximum Gasteiger partial charge on any atom is 0.307 e. The lowest BCUT2D eigenvalue weighted by Gasteiger charge is -2.24. The molecule has 0 aromatic carbocycles. The molecule has 0 atom stereocenters. The standard InChI is InChI=1S/C14H30N2O2/c1-7-9-16(12-11-15(5)6)10-8-13(17)18-14(2,3)4/h7-12H2,1-6H3. The monoisotopic (exact) mass is 258 g/mol. The molecule has 108 valence electrons. The molecule has 0 aromatic heterocycles. The van der Waals surface area contributed by atoms with Gasteiger partial charge in [0.05, 0.1) is 6.42 Å². The van der Waals surface area contributed by atoms with Crippen LogP contribution in [0, 0.1) is 0 Å². The van der Waals surface area contributed by atoms with Gasteiger partial charge in [-0.05, 0) is 47.8 Å². The Hall–Kier alpha value is -0.610. The first-order valence-corrected chi connectivity index (χ1v) is 6.83. The van der Waals surface area contributed by atoms with Gasteiger partial charge in [0.1, 0.15) is 5.60 Å². The van der Waals surface area contributed by atoms with Crippen molar-refractivity contribution in [2.45, 2.75) is 46.1 Å². The molecule has 0 saturated carbocycles. The fourth-order valence-electron chi connectivity index (χ4n) is 1.63. The Balaban J connectivity index is 3.98. The van der Waals surface area contributed by atoms with Gasteiger partial charge in [0.2, 0.25) is 0 Å². The molecule has 18 heavy (non-hydrogen) atoms. The summed E-state index contributed by atoms with van der Waals surface area (Å²) in [6, 6.07) is 0. The maximum absolute atomic E-state index is 11.6. The first kappa shape index (κ1) is 17.4. The van der Waals surface area contributed by atoms with Crippen molar-refractivity contribution in [3.05, 3.63) is 0 Å². The van der Waals surface area contributed by atoms with Crippen molar-refractivity contribution < 1.29 is 9.53 Å². The number of likely N-dealkylation sites (N-methyl/N-ethyl adjacent to an activating group) is 1. The van der Waals surface area contributed by atoms with E-state index < -0.39 is 0 Å². The Labute approximate surface area is 112 Å². The predicted octanol–water partition coefficient (Wildman–Crippen LogP) is 1.99. The van der Waals surface area contributed by atoms with Crippen molar-refractivity contribution in [3.8, 4) is 0 Å². The normalized spacial score (nSPS) is 12.2. The summed E-state index contributed by atoms with van der Waals surface area (Å²) in [5.41, 5.74) is -0.379. The van der Waals surface area contributed by atoms with Gasteiger partial charge in [-0.15, -0.1) is 0 Å². The molecule has 0 heterocycles. The van der Waals surface area contributed by atoms with Crippen LogP contribution < -0.4 is 0 Å². The zero-order chi connectivity index (χ0) is 14.2. The number of nitrogens with zero attached hydrogens (tertiary/aromatic N) is 2. The minimum Gasteiger partial charge on any atom is -0.460 e. The second-order valence-corrected chi connectivity index (χ2v) is 5.98. The Morgan fingerprint density at radius 1 is 1.06 bits per heavy atom. The van der Waals surface area contributed by atoms with Crippen LogP contribution in [0.2, 0.25) is 0 Å². The van der Waals surface area contributed by atoms with Crippen molar-refractivity contribution >= 4 is 5.97 Å². The van der Waals surface area contributed by atoms with Crippen molar-refractivity contribution in [2.24, 2.45) is 0 Å². The quantitative estimate of drug-likeness (QED) is 0.623. The van der Waals surface area contributed by atoms with Gasteiger partial charge in [-0.25, -0.2) is 0 Å². The third kappa shape index (κ3) is 10.5. The van der Waals surface area contributed by atoms with Crippen LogP contribution in [0.25, 0.3) is 0 Å². The number of hydrogen-bond donors (Lipinski definition) is 0. The molecule has 0 aromatic rings. The van der Waals surface area contributed by atoms with Crippen LogP contribution in [-0.4, -0.2) is 61.6 Å². The largest absolute Gasteiger partial charge is 0.460 e. The van der Waals surface area contributed by atoms with E-state index in [0.29, 0.717) is 6.42 Å². The zero-order valence-corrected chi connectivity index (χ0v) is 13.0. The molecular weight excluding hydrogens is 228 g/mol. The summed E-state index contributed by atoms with van der Waals surface area (Å²) in [4.78, 5) is 16.1. The molecule has 0 radical (unpaired) electrons. The number of rotatable bonds is 8. The summed E-state index contributed by atoms with van der Waals surface area (Å²) in [5, 5.41) is 0. The Bertz CT molecular complexity index is 234. The molecule has 0 unspecified atom stereocenters. The van der Waals surface area contributed by atoms with Crippen LogP contribution in [0.3, 0.4) is 0 Å². The average Bonchev–Trinajstić information content (AvgIpc) is 2.19. The van der Waals surface area contributed by atoms with E-state index in [9.17, 15) is 4.79 Å². The molecule has 0 aliphatic heterocycles. The fourth-order valence-corrected chi connectivity index (χ4v) is 1.63. The molecule has 0 aliphatic rings. The van der Waals surface area contributed by atoms with Gasteiger partial charge in [0, 0.05) is 19.6 Å². The van der Waals surface area contributed by atoms with Crippen LogP contribution >= 0.6 is 0 Å². The van der Waals surface area contributed by atoms with Gasteiger partial charge >= 0.3 is 5.97 Å². The summed E-state index contributed by atoms with van der Waals surface area (Å²) >= 11 is 0. The van der Waals surface area contributed by atoms with Crippen molar-refractivity contribution in [1.82, 2.24) is 9.80 Å². The van der Waals surface area contributed by atoms with Gasteiger partial charge in [-0.3, -0.25) is 4.79 Å². The smallest absolute Gasteiger partial charge is 0.307 e. The van der Waals surface area contributed by atoms with E-state index in [2.05, 4.69) is 30.8 Å². The second kappa shape index (κ2) is 8.48. The van der Waals surface area contributed by atoms with Crippen LogP contribution in [0.4, 0.5) is 0 Å². The van der Waals surface area contributed by atoms with Gasteiger partial charge < -0.3 is 14.5 Å². The number of esters is 1. The predicted molar refractivity (Wildman–Crippen MR) is 75.7 cm³/mol. The van der Waals surface area contributed by atoms with Crippen LogP contribution in [0.15, 0.2) is 0 Å². The first-order valence-electron chi connectivity index (χ1n) is 6.83. The third-order valence-corrected chi connectivity index (χ3v) is 2.46. The zero-order valence-electron chi connectivity index (χ0n) is 13.0. The second-order valence-electron chi connectivity index (χ2n) is 5.98. The highest BCUT2D eigenvalue weighted by atomic mass is 16.6. The highest BCUT2D eigenvalue weighted by Crippen LogP contribution is 2.08. The molecule has 0 fully saturated rings. The Kier molecular flexibility index (Phi) is 8.20. The molecule has 0 N–H and O–H groups in total. The minimum absolute atomic E-state index is 0.103. The van der Waals surface area contributed by atoms with Gasteiger partial charge in [0.25, 0.3) is 0 Å². The fraction of sp³-hybridized carbons (Fsp3) is 0.929. The topological polar surface area (TPSA) is 32.8 Å². The van der Waals surface area contributed by atoms with Gasteiger partial charge in [-0.1, -0.05) is 6.92 Å². The summed E-state index contributed by atoms with van der Waals surface area (Å²) in [5.74, 6) is -0.103. The van der Waals surface area contributed by atoms with E-state index in [0.717, 1.165) is 32.6 Å². The van der Waals surface area contributed by atoms with E-state index >= 15 is 0 Å². The molecule has 0 saturated heterocycles. The highest BCUT2D eigenvalue weighted by Gasteiger charge is 2.16. The molecule has 0 amide bonds. The van der Waals surface area contributed by atoms with E-state index in [4.69, 9.17) is 4.74 Å². The maximum atomic E-state index is 11.6. The lowest BCUT2D eigenvalue weighted by molar-refractivity contribution is -0.155. The molecule has 0 spiro atoms. The van der Waals surface area contributed by atoms with Gasteiger partial charge in [0.15, 0.2) is 0 Å². The Morgan fingerprint density at radius 2 is 1.67 bits per heavy atom. The summed E-state index contributed by atoms with van der Waals surface area (Å²) in [6.45, 7) is 11.7. The third-order valence-electron chi connectivity index (χ3n) is 2.46. The first-order chi connectivity index (χ1) is 8.24. The van der Waals surface area contributed by atoms with E-state index in [1.807, 2.05) is 20.8 Å². The average molecular weight is 258 g/mol. The number of ether oxygens (including phenoxy) is 1. The molecule has 4 nitrogen and oxygen atoms in total. The molecule has 0 aliphatic carbocycles. The summed E-state index contributed by atoms with van der Waals surface area (Å²) in [7, 11) is 4.13. The highest BCUT2D eigenvalue weighted by molar-refractivity contribution is 5.70. The number of hydrogen-bond acceptors (Lipinski definition) is 4. The van der Waals surface area contributed by atoms with E-state index in [1.165, 1.54) is 0 Å². The summed E-state index contributed by atoms with van der Waals surface area (Å²) in [6.07, 6.45) is 1.59. The molecule has 0 rings (SSSR count). The Morgan fingerprint density at radius 3 is 2.11 bits per heavy atom. The van der Waals surface area contributed by atoms with Crippen molar-refractivity contribution in [2.75, 3.05) is 40.3 Å². The van der Waals surface area contributed by atoms with Crippen molar-refractivity contribution in [1.29, 1.82) is 0 Å². The molecule has 4 heteroatoms. The van der Waals surface area contributed by atoms with Crippen molar-refractivity contribution in [3.63, 3.8) is 0 Å².